The van der Waals surface area contributed by atoms with Crippen LogP contribution in [0.3, 0.4) is 0 Å². The van der Waals surface area contributed by atoms with E-state index < -0.39 is 0 Å². The van der Waals surface area contributed by atoms with Crippen molar-refractivity contribution in [3.8, 4) is 0 Å². The SMILES string of the molecule is O=C(Nc1cccnc1Cl)N1CCc2ccccc2[C@@H]1CO. The van der Waals surface area contributed by atoms with Crippen LogP contribution in [0.15, 0.2) is 42.6 Å². The molecule has 0 saturated heterocycles. The second kappa shape index (κ2) is 6.34. The van der Waals surface area contributed by atoms with Gasteiger partial charge in [0.1, 0.15) is 0 Å². The van der Waals surface area contributed by atoms with Gasteiger partial charge < -0.3 is 15.3 Å². The van der Waals surface area contributed by atoms with Gasteiger partial charge in [0.15, 0.2) is 5.15 Å². The van der Waals surface area contributed by atoms with Crippen molar-refractivity contribution in [1.29, 1.82) is 0 Å². The lowest BCUT2D eigenvalue weighted by molar-refractivity contribution is 0.135. The molecule has 0 radical (unpaired) electrons. The third-order valence-corrected chi connectivity index (χ3v) is 4.15. The molecule has 0 aliphatic carbocycles. The molecule has 1 aliphatic rings. The Kier molecular flexibility index (Phi) is 4.27. The Morgan fingerprint density at radius 3 is 2.95 bits per heavy atom. The van der Waals surface area contributed by atoms with Gasteiger partial charge >= 0.3 is 6.03 Å². The number of aliphatic hydroxyl groups excluding tert-OH is 1. The first-order chi connectivity index (χ1) is 10.7. The number of aliphatic hydroxyl groups is 1. The number of amides is 2. The van der Waals surface area contributed by atoms with Crippen molar-refractivity contribution in [3.63, 3.8) is 0 Å². The molecule has 0 unspecified atom stereocenters. The monoisotopic (exact) mass is 317 g/mol. The smallest absolute Gasteiger partial charge is 0.322 e. The number of aromatic nitrogens is 1. The maximum absolute atomic E-state index is 12.5. The van der Waals surface area contributed by atoms with E-state index in [-0.39, 0.29) is 23.8 Å². The van der Waals surface area contributed by atoms with E-state index in [9.17, 15) is 9.90 Å². The van der Waals surface area contributed by atoms with Gasteiger partial charge in [-0.2, -0.15) is 0 Å². The Labute approximate surface area is 133 Å². The highest BCUT2D eigenvalue weighted by Gasteiger charge is 2.30. The highest BCUT2D eigenvalue weighted by molar-refractivity contribution is 6.32. The summed E-state index contributed by atoms with van der Waals surface area (Å²) in [5.74, 6) is 0. The normalized spacial score (nSPS) is 17.0. The maximum atomic E-state index is 12.5. The Hall–Kier alpha value is -2.11. The van der Waals surface area contributed by atoms with Gasteiger partial charge in [0.25, 0.3) is 0 Å². The molecule has 1 aromatic heterocycles. The molecule has 0 fully saturated rings. The Bertz CT molecular complexity index is 693. The number of urea groups is 1. The van der Waals surface area contributed by atoms with Crippen LogP contribution in [0.5, 0.6) is 0 Å². The predicted molar refractivity (Wildman–Crippen MR) is 84.9 cm³/mol. The van der Waals surface area contributed by atoms with E-state index in [2.05, 4.69) is 10.3 Å². The molecule has 0 saturated carbocycles. The summed E-state index contributed by atoms with van der Waals surface area (Å²) in [6, 6.07) is 10.6. The molecule has 114 valence electrons. The summed E-state index contributed by atoms with van der Waals surface area (Å²) in [6.07, 6.45) is 2.33. The van der Waals surface area contributed by atoms with Crippen molar-refractivity contribution in [1.82, 2.24) is 9.88 Å². The largest absolute Gasteiger partial charge is 0.394 e. The van der Waals surface area contributed by atoms with Gasteiger partial charge in [-0.15, -0.1) is 0 Å². The van der Waals surface area contributed by atoms with Crippen LogP contribution in [0.2, 0.25) is 5.15 Å². The van der Waals surface area contributed by atoms with Gasteiger partial charge in [0, 0.05) is 12.7 Å². The number of benzene rings is 1. The molecule has 2 heterocycles. The van der Waals surface area contributed by atoms with Crippen molar-refractivity contribution in [2.75, 3.05) is 18.5 Å². The second-order valence-electron chi connectivity index (χ2n) is 5.11. The minimum atomic E-state index is -0.347. The van der Waals surface area contributed by atoms with Crippen LogP contribution >= 0.6 is 11.6 Å². The van der Waals surface area contributed by atoms with E-state index in [1.807, 2.05) is 24.3 Å². The molecule has 1 atom stereocenters. The number of anilines is 1. The Morgan fingerprint density at radius 2 is 2.18 bits per heavy atom. The first-order valence-electron chi connectivity index (χ1n) is 7.07. The van der Waals surface area contributed by atoms with Crippen molar-refractivity contribution < 1.29 is 9.90 Å². The standard InChI is InChI=1S/C16H16ClN3O2/c17-15-13(6-3-8-18-15)19-16(22)20-9-7-11-4-1-2-5-12(11)14(20)10-21/h1-6,8,14,21H,7,9-10H2,(H,19,22)/t14-/m0/s1. The number of nitrogens with one attached hydrogen (secondary N) is 1. The summed E-state index contributed by atoms with van der Waals surface area (Å²) < 4.78 is 0. The number of pyridine rings is 1. The average Bonchev–Trinajstić information content (AvgIpc) is 2.55. The van der Waals surface area contributed by atoms with E-state index in [4.69, 9.17) is 11.6 Å². The summed E-state index contributed by atoms with van der Waals surface area (Å²) in [5.41, 5.74) is 2.62. The fourth-order valence-corrected chi connectivity index (χ4v) is 2.92. The van der Waals surface area contributed by atoms with Gasteiger partial charge in [-0.25, -0.2) is 9.78 Å². The van der Waals surface area contributed by atoms with Crippen LogP contribution in [-0.4, -0.2) is 34.2 Å². The molecule has 1 aromatic carbocycles. The Balaban J connectivity index is 1.83. The first-order valence-corrected chi connectivity index (χ1v) is 7.45. The zero-order valence-corrected chi connectivity index (χ0v) is 12.6. The van der Waals surface area contributed by atoms with Crippen LogP contribution in [-0.2, 0) is 6.42 Å². The van der Waals surface area contributed by atoms with Crippen molar-refractivity contribution in [2.24, 2.45) is 0 Å². The lowest BCUT2D eigenvalue weighted by Crippen LogP contribution is -2.43. The minimum Gasteiger partial charge on any atom is -0.394 e. The highest BCUT2D eigenvalue weighted by Crippen LogP contribution is 2.30. The molecular weight excluding hydrogens is 302 g/mol. The van der Waals surface area contributed by atoms with Crippen molar-refractivity contribution in [3.05, 3.63) is 58.9 Å². The zero-order valence-electron chi connectivity index (χ0n) is 11.9. The topological polar surface area (TPSA) is 65.5 Å². The molecule has 22 heavy (non-hydrogen) atoms. The molecule has 3 rings (SSSR count). The van der Waals surface area contributed by atoms with Gasteiger partial charge in [-0.3, -0.25) is 0 Å². The maximum Gasteiger partial charge on any atom is 0.322 e. The molecular formula is C16H16ClN3O2. The molecule has 2 amide bonds. The van der Waals surface area contributed by atoms with Crippen LogP contribution < -0.4 is 5.32 Å². The van der Waals surface area contributed by atoms with E-state index in [0.717, 1.165) is 12.0 Å². The number of fused-ring (bicyclic) bond motifs is 1. The van der Waals surface area contributed by atoms with E-state index in [0.29, 0.717) is 12.2 Å². The number of nitrogens with zero attached hydrogens (tertiary/aromatic N) is 2. The average molecular weight is 318 g/mol. The van der Waals surface area contributed by atoms with E-state index >= 15 is 0 Å². The molecule has 5 nitrogen and oxygen atoms in total. The number of carbonyl (C=O) groups is 1. The molecule has 6 heteroatoms. The summed E-state index contributed by atoms with van der Waals surface area (Å²) in [6.45, 7) is 0.428. The van der Waals surface area contributed by atoms with Gasteiger partial charge in [-0.1, -0.05) is 35.9 Å². The highest BCUT2D eigenvalue weighted by atomic mass is 35.5. The van der Waals surface area contributed by atoms with Crippen molar-refractivity contribution in [2.45, 2.75) is 12.5 Å². The second-order valence-corrected chi connectivity index (χ2v) is 5.47. The fourth-order valence-electron chi connectivity index (χ4n) is 2.76. The first kappa shape index (κ1) is 14.8. The summed E-state index contributed by atoms with van der Waals surface area (Å²) >= 11 is 5.96. The van der Waals surface area contributed by atoms with Crippen LogP contribution in [0.4, 0.5) is 10.5 Å². The number of carbonyl (C=O) groups excluding carboxylic acids is 1. The van der Waals surface area contributed by atoms with E-state index in [1.54, 1.807) is 23.2 Å². The fraction of sp³-hybridized carbons (Fsp3) is 0.250. The van der Waals surface area contributed by atoms with Crippen LogP contribution in [0.1, 0.15) is 17.2 Å². The minimum absolute atomic E-state index is 0.120. The lowest BCUT2D eigenvalue weighted by atomic mass is 9.93. The quantitative estimate of drug-likeness (QED) is 0.837. The summed E-state index contributed by atoms with van der Waals surface area (Å²) in [4.78, 5) is 18.1. The molecule has 2 N–H and O–H groups in total. The molecule has 1 aliphatic heterocycles. The lowest BCUT2D eigenvalue weighted by Gasteiger charge is -2.36. The molecule has 2 aromatic rings. The van der Waals surface area contributed by atoms with Crippen molar-refractivity contribution >= 4 is 23.3 Å². The van der Waals surface area contributed by atoms with Gasteiger partial charge in [-0.05, 0) is 29.7 Å². The zero-order chi connectivity index (χ0) is 15.5. The molecule has 0 bridgehead atoms. The van der Waals surface area contributed by atoms with Crippen LogP contribution in [0, 0.1) is 0 Å². The third-order valence-electron chi connectivity index (χ3n) is 3.85. The Morgan fingerprint density at radius 1 is 1.36 bits per heavy atom. The number of rotatable bonds is 2. The number of hydrogen-bond acceptors (Lipinski definition) is 3. The number of halogens is 1. The molecule has 0 spiro atoms. The van der Waals surface area contributed by atoms with Gasteiger partial charge in [0.2, 0.25) is 0 Å². The number of hydrogen-bond donors (Lipinski definition) is 2. The van der Waals surface area contributed by atoms with E-state index in [1.165, 1.54) is 5.56 Å². The predicted octanol–water partition coefficient (Wildman–Crippen LogP) is 2.86. The summed E-state index contributed by atoms with van der Waals surface area (Å²) in [5, 5.41) is 12.7. The summed E-state index contributed by atoms with van der Waals surface area (Å²) in [7, 11) is 0. The third kappa shape index (κ3) is 2.77. The van der Waals surface area contributed by atoms with Crippen LogP contribution in [0.25, 0.3) is 0 Å². The van der Waals surface area contributed by atoms with Gasteiger partial charge in [0.05, 0.1) is 18.3 Å².